The predicted molar refractivity (Wildman–Crippen MR) is 127 cm³/mol. The van der Waals surface area contributed by atoms with Crippen LogP contribution >= 0.6 is 27.7 Å². The van der Waals surface area contributed by atoms with Crippen molar-refractivity contribution in [2.75, 3.05) is 6.26 Å². The quantitative estimate of drug-likeness (QED) is 0.344. The van der Waals surface area contributed by atoms with Crippen LogP contribution in [0.15, 0.2) is 82.3 Å². The van der Waals surface area contributed by atoms with Gasteiger partial charge in [-0.15, -0.1) is 11.8 Å². The Morgan fingerprint density at radius 3 is 2.57 bits per heavy atom. The van der Waals surface area contributed by atoms with Crippen LogP contribution < -0.4 is 5.32 Å². The Labute approximate surface area is 188 Å². The molecule has 2 aromatic carbocycles. The summed E-state index contributed by atoms with van der Waals surface area (Å²) < 4.78 is 3.10. The zero-order chi connectivity index (χ0) is 20.9. The average molecular weight is 480 g/mol. The minimum absolute atomic E-state index is 0.0385. The first-order chi connectivity index (χ1) is 14.6. The number of amides is 1. The van der Waals surface area contributed by atoms with Crippen molar-refractivity contribution in [1.82, 2.24) is 14.7 Å². The molecule has 0 saturated carbocycles. The second-order valence-electron chi connectivity index (χ2n) is 6.97. The van der Waals surface area contributed by atoms with Crippen LogP contribution in [0.25, 0.3) is 16.9 Å². The zero-order valence-corrected chi connectivity index (χ0v) is 19.0. The van der Waals surface area contributed by atoms with Crippen LogP contribution in [0.5, 0.6) is 0 Å². The molecule has 4 aromatic rings. The maximum Gasteiger partial charge on any atom is 0.220 e. The highest BCUT2D eigenvalue weighted by Gasteiger charge is 2.15. The van der Waals surface area contributed by atoms with Gasteiger partial charge in [0.1, 0.15) is 5.65 Å². The van der Waals surface area contributed by atoms with Gasteiger partial charge in [-0.3, -0.25) is 4.79 Å². The molecule has 0 aliphatic heterocycles. The Kier molecular flexibility index (Phi) is 6.55. The van der Waals surface area contributed by atoms with E-state index in [1.807, 2.05) is 48.7 Å². The Bertz CT molecular complexity index is 1150. The van der Waals surface area contributed by atoms with Gasteiger partial charge < -0.3 is 9.72 Å². The molecule has 0 fully saturated rings. The van der Waals surface area contributed by atoms with Crippen molar-refractivity contribution in [3.05, 3.63) is 88.7 Å². The van der Waals surface area contributed by atoms with E-state index in [-0.39, 0.29) is 5.91 Å². The Hall–Kier alpha value is -2.57. The maximum absolute atomic E-state index is 12.5. The summed E-state index contributed by atoms with van der Waals surface area (Å²) in [6, 6.07) is 22.4. The number of imidazole rings is 1. The topological polar surface area (TPSA) is 46.4 Å². The molecule has 1 N–H and O–H groups in total. The summed E-state index contributed by atoms with van der Waals surface area (Å²) in [6.07, 6.45) is 5.09. The fourth-order valence-corrected chi connectivity index (χ4v) is 4.06. The second kappa shape index (κ2) is 9.49. The molecule has 0 aliphatic carbocycles. The van der Waals surface area contributed by atoms with Gasteiger partial charge in [0, 0.05) is 34.1 Å². The standard InChI is InChI=1S/C24H22BrN3OS/c1-30-20-11-5-17(6-12-20)16-26-23(29)14-13-21-24(18-7-9-19(25)10-8-18)27-22-4-2-3-15-28(21)22/h2-12,15H,13-14,16H2,1H3,(H,26,29). The number of fused-ring (bicyclic) bond motifs is 1. The van der Waals surface area contributed by atoms with E-state index >= 15 is 0 Å². The van der Waals surface area contributed by atoms with Crippen LogP contribution in [-0.4, -0.2) is 21.5 Å². The molecule has 2 aromatic heterocycles. The third kappa shape index (κ3) is 4.77. The van der Waals surface area contributed by atoms with Crippen LogP contribution in [0.1, 0.15) is 17.7 Å². The minimum atomic E-state index is 0.0385. The van der Waals surface area contributed by atoms with Gasteiger partial charge in [0.15, 0.2) is 0 Å². The van der Waals surface area contributed by atoms with Crippen molar-refractivity contribution in [1.29, 1.82) is 0 Å². The van der Waals surface area contributed by atoms with E-state index in [9.17, 15) is 4.79 Å². The molecule has 0 spiro atoms. The molecule has 6 heteroatoms. The SMILES string of the molecule is CSc1ccc(CNC(=O)CCc2c(-c3ccc(Br)cc3)nc3ccccn23)cc1. The van der Waals surface area contributed by atoms with Crippen molar-refractivity contribution in [2.24, 2.45) is 0 Å². The molecular formula is C24H22BrN3OS. The van der Waals surface area contributed by atoms with Crippen LogP contribution in [0.2, 0.25) is 0 Å². The zero-order valence-electron chi connectivity index (χ0n) is 16.6. The molecule has 152 valence electrons. The number of aromatic nitrogens is 2. The van der Waals surface area contributed by atoms with E-state index in [0.29, 0.717) is 19.4 Å². The summed E-state index contributed by atoms with van der Waals surface area (Å²) in [7, 11) is 0. The molecule has 0 atom stereocenters. The maximum atomic E-state index is 12.5. The molecule has 1 amide bonds. The summed E-state index contributed by atoms with van der Waals surface area (Å²) in [5, 5.41) is 3.03. The van der Waals surface area contributed by atoms with Crippen molar-refractivity contribution < 1.29 is 4.79 Å². The Balaban J connectivity index is 1.48. The van der Waals surface area contributed by atoms with Gasteiger partial charge in [-0.2, -0.15) is 0 Å². The van der Waals surface area contributed by atoms with E-state index in [4.69, 9.17) is 4.98 Å². The number of thioether (sulfide) groups is 1. The summed E-state index contributed by atoms with van der Waals surface area (Å²) >= 11 is 5.20. The lowest BCUT2D eigenvalue weighted by molar-refractivity contribution is -0.121. The molecule has 0 radical (unpaired) electrons. The summed E-state index contributed by atoms with van der Waals surface area (Å²) in [4.78, 5) is 18.5. The van der Waals surface area contributed by atoms with E-state index in [0.717, 1.165) is 32.6 Å². The number of hydrogen-bond acceptors (Lipinski definition) is 3. The highest BCUT2D eigenvalue weighted by atomic mass is 79.9. The number of benzene rings is 2. The van der Waals surface area contributed by atoms with Crippen molar-refractivity contribution in [3.8, 4) is 11.3 Å². The van der Waals surface area contributed by atoms with Crippen LogP contribution in [0.4, 0.5) is 0 Å². The van der Waals surface area contributed by atoms with Gasteiger partial charge in [0.25, 0.3) is 0 Å². The first-order valence-electron chi connectivity index (χ1n) is 9.75. The molecule has 0 bridgehead atoms. The molecule has 30 heavy (non-hydrogen) atoms. The third-order valence-corrected chi connectivity index (χ3v) is 6.26. The summed E-state index contributed by atoms with van der Waals surface area (Å²) in [5.41, 5.74) is 5.01. The highest BCUT2D eigenvalue weighted by Crippen LogP contribution is 2.27. The van der Waals surface area contributed by atoms with Gasteiger partial charge in [-0.25, -0.2) is 4.98 Å². The number of nitrogens with zero attached hydrogens (tertiary/aromatic N) is 2. The van der Waals surface area contributed by atoms with E-state index in [1.54, 1.807) is 11.8 Å². The Morgan fingerprint density at radius 1 is 1.07 bits per heavy atom. The smallest absolute Gasteiger partial charge is 0.220 e. The van der Waals surface area contributed by atoms with Gasteiger partial charge in [-0.05, 0) is 54.6 Å². The predicted octanol–water partition coefficient (Wildman–Crippen LogP) is 5.73. The van der Waals surface area contributed by atoms with Gasteiger partial charge in [-0.1, -0.05) is 46.3 Å². The summed E-state index contributed by atoms with van der Waals surface area (Å²) in [6.45, 7) is 0.542. The number of rotatable bonds is 7. The minimum Gasteiger partial charge on any atom is -0.352 e. The molecule has 2 heterocycles. The van der Waals surface area contributed by atoms with Gasteiger partial charge in [0.05, 0.1) is 11.4 Å². The van der Waals surface area contributed by atoms with E-state index in [2.05, 4.69) is 56.2 Å². The molecular weight excluding hydrogens is 458 g/mol. The van der Waals surface area contributed by atoms with E-state index in [1.165, 1.54) is 4.90 Å². The normalized spacial score (nSPS) is 11.0. The number of nitrogens with one attached hydrogen (secondary N) is 1. The fraction of sp³-hybridized carbons (Fsp3) is 0.167. The first-order valence-corrected chi connectivity index (χ1v) is 11.8. The lowest BCUT2D eigenvalue weighted by atomic mass is 10.1. The lowest BCUT2D eigenvalue weighted by Crippen LogP contribution is -2.23. The molecule has 4 nitrogen and oxygen atoms in total. The second-order valence-corrected chi connectivity index (χ2v) is 8.76. The fourth-order valence-electron chi connectivity index (χ4n) is 3.39. The number of pyridine rings is 1. The monoisotopic (exact) mass is 479 g/mol. The number of carbonyl (C=O) groups is 1. The van der Waals surface area contributed by atoms with Gasteiger partial charge >= 0.3 is 0 Å². The van der Waals surface area contributed by atoms with Crippen LogP contribution in [0.3, 0.4) is 0 Å². The van der Waals surface area contributed by atoms with Gasteiger partial charge in [0.2, 0.25) is 5.91 Å². The van der Waals surface area contributed by atoms with Crippen molar-refractivity contribution in [3.63, 3.8) is 0 Å². The van der Waals surface area contributed by atoms with Crippen molar-refractivity contribution in [2.45, 2.75) is 24.3 Å². The average Bonchev–Trinajstić information content (AvgIpc) is 3.15. The van der Waals surface area contributed by atoms with Crippen LogP contribution in [-0.2, 0) is 17.8 Å². The Morgan fingerprint density at radius 2 is 1.83 bits per heavy atom. The van der Waals surface area contributed by atoms with E-state index < -0.39 is 0 Å². The molecule has 0 unspecified atom stereocenters. The number of carbonyl (C=O) groups excluding carboxylic acids is 1. The number of aryl methyl sites for hydroxylation is 1. The van der Waals surface area contributed by atoms with Crippen molar-refractivity contribution >= 4 is 39.2 Å². The summed E-state index contributed by atoms with van der Waals surface area (Å²) in [5.74, 6) is 0.0385. The molecule has 0 saturated heterocycles. The largest absolute Gasteiger partial charge is 0.352 e. The molecule has 4 rings (SSSR count). The lowest BCUT2D eigenvalue weighted by Gasteiger charge is -2.08. The highest BCUT2D eigenvalue weighted by molar-refractivity contribution is 9.10. The third-order valence-electron chi connectivity index (χ3n) is 4.98. The number of hydrogen-bond donors (Lipinski definition) is 1. The molecule has 0 aliphatic rings. The number of halogens is 1. The van der Waals surface area contributed by atoms with Crippen LogP contribution in [0, 0.1) is 0 Å². The first kappa shape index (κ1) is 20.7.